The maximum atomic E-state index is 11.6. The van der Waals surface area contributed by atoms with Gasteiger partial charge in [0.1, 0.15) is 9.83 Å². The van der Waals surface area contributed by atoms with Gasteiger partial charge in [0, 0.05) is 10.6 Å². The molecule has 0 aromatic heterocycles. The largest absolute Gasteiger partial charge is 0.243 e. The summed E-state index contributed by atoms with van der Waals surface area (Å²) < 4.78 is 11.6. The number of hydrogen-bond donors (Lipinski definition) is 0. The van der Waals surface area contributed by atoms with E-state index in [0.29, 0.717) is 0 Å². The van der Waals surface area contributed by atoms with E-state index in [-0.39, 0.29) is 0 Å². The molecular formula is C10H14OS2. The predicted molar refractivity (Wildman–Crippen MR) is 60.2 cm³/mol. The minimum Gasteiger partial charge on any atom is -0.243 e. The average Bonchev–Trinajstić information content (AvgIpc) is 2.19. The highest BCUT2D eigenvalue weighted by Gasteiger charge is 2.01. The summed E-state index contributed by atoms with van der Waals surface area (Å²) in [5, 5.41) is 0. The molecular weight excluding hydrogens is 200 g/mol. The van der Waals surface area contributed by atoms with Crippen LogP contribution in [0.1, 0.15) is 19.8 Å². The van der Waals surface area contributed by atoms with Crippen LogP contribution in [0.4, 0.5) is 0 Å². The molecule has 0 saturated carbocycles. The summed E-state index contributed by atoms with van der Waals surface area (Å²) in [6.45, 7) is 2.14. The molecule has 0 bridgehead atoms. The Morgan fingerprint density at radius 3 is 2.62 bits per heavy atom. The number of rotatable bonds is 5. The van der Waals surface area contributed by atoms with Crippen LogP contribution < -0.4 is 0 Å². The van der Waals surface area contributed by atoms with Crippen LogP contribution in [-0.2, 0) is 9.83 Å². The van der Waals surface area contributed by atoms with Gasteiger partial charge in [0.2, 0.25) is 0 Å². The first kappa shape index (κ1) is 10.8. The fourth-order valence-corrected chi connectivity index (χ4v) is 3.50. The number of unbranched alkanes of at least 4 members (excludes halogenated alkanes) is 1. The lowest BCUT2D eigenvalue weighted by Gasteiger charge is -1.99. The molecule has 0 aliphatic rings. The van der Waals surface area contributed by atoms with Gasteiger partial charge < -0.3 is 0 Å². The third kappa shape index (κ3) is 3.96. The molecule has 1 rings (SSSR count). The van der Waals surface area contributed by atoms with Crippen molar-refractivity contribution < 1.29 is 4.21 Å². The minimum absolute atomic E-state index is 0.868. The summed E-state index contributed by atoms with van der Waals surface area (Å²) in [4.78, 5) is 0.920. The van der Waals surface area contributed by atoms with Crippen molar-refractivity contribution in [3.05, 3.63) is 30.3 Å². The first-order valence-electron chi connectivity index (χ1n) is 4.44. The molecule has 0 aliphatic carbocycles. The Hall–Kier alpha value is -0.280. The molecule has 0 heterocycles. The summed E-state index contributed by atoms with van der Waals surface area (Å²) in [7, 11) is 0.658. The van der Waals surface area contributed by atoms with Gasteiger partial charge in [0.05, 0.1) is 0 Å². The van der Waals surface area contributed by atoms with Crippen molar-refractivity contribution >= 4 is 20.6 Å². The van der Waals surface area contributed by atoms with E-state index in [1.54, 1.807) is 0 Å². The quantitative estimate of drug-likeness (QED) is 0.553. The molecule has 1 atom stereocenters. The van der Waals surface area contributed by atoms with Gasteiger partial charge >= 0.3 is 0 Å². The molecule has 1 nitrogen and oxygen atoms in total. The van der Waals surface area contributed by atoms with E-state index in [4.69, 9.17) is 0 Å². The molecule has 0 aliphatic heterocycles. The molecule has 0 radical (unpaired) electrons. The van der Waals surface area contributed by atoms with E-state index in [9.17, 15) is 4.21 Å². The molecule has 3 heteroatoms. The summed E-state index contributed by atoms with van der Waals surface area (Å²) >= 11 is 0. The normalized spacial score (nSPS) is 12.7. The van der Waals surface area contributed by atoms with E-state index < -0.39 is 9.83 Å². The van der Waals surface area contributed by atoms with E-state index >= 15 is 0 Å². The van der Waals surface area contributed by atoms with Crippen LogP contribution in [0.5, 0.6) is 0 Å². The van der Waals surface area contributed by atoms with E-state index in [1.165, 1.54) is 17.2 Å². The van der Waals surface area contributed by atoms with Gasteiger partial charge in [-0.05, 0) is 18.6 Å². The highest BCUT2D eigenvalue weighted by Crippen LogP contribution is 2.18. The summed E-state index contributed by atoms with van der Waals surface area (Å²) in [6, 6.07) is 9.61. The summed E-state index contributed by atoms with van der Waals surface area (Å²) in [6.07, 6.45) is 2.31. The average molecular weight is 214 g/mol. The highest BCUT2D eigenvalue weighted by molar-refractivity contribution is 8.69. The van der Waals surface area contributed by atoms with E-state index in [1.807, 2.05) is 30.3 Å². The SMILES string of the molecule is CCCCSS(=O)c1ccccc1. The topological polar surface area (TPSA) is 17.1 Å². The Bertz CT molecular complexity index is 259. The lowest BCUT2D eigenvalue weighted by Crippen LogP contribution is -1.87. The van der Waals surface area contributed by atoms with Crippen LogP contribution in [0.25, 0.3) is 0 Å². The van der Waals surface area contributed by atoms with Crippen molar-refractivity contribution in [2.24, 2.45) is 0 Å². The van der Waals surface area contributed by atoms with Crippen LogP contribution in [0.15, 0.2) is 35.2 Å². The third-order valence-corrected chi connectivity index (χ3v) is 4.67. The Balaban J connectivity index is 2.40. The van der Waals surface area contributed by atoms with Crippen LogP contribution in [0, 0.1) is 0 Å². The van der Waals surface area contributed by atoms with Crippen LogP contribution in [0.2, 0.25) is 0 Å². The second-order valence-electron chi connectivity index (χ2n) is 2.72. The van der Waals surface area contributed by atoms with E-state index in [0.717, 1.165) is 17.1 Å². The van der Waals surface area contributed by atoms with Gasteiger partial charge in [-0.15, -0.1) is 0 Å². The third-order valence-electron chi connectivity index (χ3n) is 1.62. The number of benzene rings is 1. The molecule has 72 valence electrons. The molecule has 0 spiro atoms. The maximum absolute atomic E-state index is 11.6. The molecule has 0 amide bonds. The molecule has 0 fully saturated rings. The minimum atomic E-state index is -0.868. The Kier molecular flexibility index (Phi) is 5.16. The highest BCUT2D eigenvalue weighted by atomic mass is 33.1. The molecule has 13 heavy (non-hydrogen) atoms. The first-order valence-corrected chi connectivity index (χ1v) is 7.10. The lowest BCUT2D eigenvalue weighted by atomic mass is 10.4. The monoisotopic (exact) mass is 214 g/mol. The Labute approximate surface area is 85.8 Å². The van der Waals surface area contributed by atoms with Gasteiger partial charge in [-0.25, -0.2) is 4.21 Å². The summed E-state index contributed by atoms with van der Waals surface area (Å²) in [5.74, 6) is 0.984. The van der Waals surface area contributed by atoms with Crippen molar-refractivity contribution in [2.45, 2.75) is 24.7 Å². The van der Waals surface area contributed by atoms with Gasteiger partial charge in [-0.1, -0.05) is 42.3 Å². The maximum Gasteiger partial charge on any atom is 0.113 e. The van der Waals surface area contributed by atoms with Gasteiger partial charge in [-0.2, -0.15) is 0 Å². The van der Waals surface area contributed by atoms with Gasteiger partial charge in [0.25, 0.3) is 0 Å². The Morgan fingerprint density at radius 2 is 2.00 bits per heavy atom. The predicted octanol–water partition coefficient (Wildman–Crippen LogP) is 3.24. The zero-order valence-corrected chi connectivity index (χ0v) is 9.37. The van der Waals surface area contributed by atoms with Crippen molar-refractivity contribution in [1.29, 1.82) is 0 Å². The van der Waals surface area contributed by atoms with E-state index in [2.05, 4.69) is 6.92 Å². The lowest BCUT2D eigenvalue weighted by molar-refractivity contribution is 0.691. The summed E-state index contributed by atoms with van der Waals surface area (Å²) in [5.41, 5.74) is 0. The van der Waals surface area contributed by atoms with Crippen molar-refractivity contribution in [3.63, 3.8) is 0 Å². The fourth-order valence-electron chi connectivity index (χ4n) is 0.879. The van der Waals surface area contributed by atoms with Crippen LogP contribution in [-0.4, -0.2) is 9.96 Å². The molecule has 0 saturated heterocycles. The van der Waals surface area contributed by atoms with Crippen LogP contribution >= 0.6 is 10.8 Å². The second-order valence-corrected chi connectivity index (χ2v) is 5.92. The number of hydrogen-bond acceptors (Lipinski definition) is 2. The van der Waals surface area contributed by atoms with Gasteiger partial charge in [0.15, 0.2) is 0 Å². The van der Waals surface area contributed by atoms with Crippen molar-refractivity contribution in [1.82, 2.24) is 0 Å². The van der Waals surface area contributed by atoms with Crippen molar-refractivity contribution in [3.8, 4) is 0 Å². The molecule has 1 unspecified atom stereocenters. The van der Waals surface area contributed by atoms with Crippen LogP contribution in [0.3, 0.4) is 0 Å². The fraction of sp³-hybridized carbons (Fsp3) is 0.400. The smallest absolute Gasteiger partial charge is 0.113 e. The molecule has 0 N–H and O–H groups in total. The second kappa shape index (κ2) is 6.22. The zero-order valence-electron chi connectivity index (χ0n) is 7.73. The molecule has 1 aromatic rings. The molecule has 1 aromatic carbocycles. The van der Waals surface area contributed by atoms with Crippen molar-refractivity contribution in [2.75, 3.05) is 5.75 Å². The zero-order chi connectivity index (χ0) is 9.52. The Morgan fingerprint density at radius 1 is 1.31 bits per heavy atom. The first-order chi connectivity index (χ1) is 6.34. The standard InChI is InChI=1S/C10H14OS2/c1-2-3-9-12-13(11)10-7-5-4-6-8-10/h4-8H,2-3,9H2,1H3. The van der Waals surface area contributed by atoms with Gasteiger partial charge in [-0.3, -0.25) is 0 Å².